The second-order valence-electron chi connectivity index (χ2n) is 4.05. The fraction of sp³-hybridized carbons (Fsp3) is 0.308. The minimum atomic E-state index is -0.382. The first-order valence-corrected chi connectivity index (χ1v) is 6.98. The molecule has 0 fully saturated rings. The molecule has 0 aliphatic rings. The van der Waals surface area contributed by atoms with Crippen molar-refractivity contribution in [2.75, 3.05) is 0 Å². The first-order chi connectivity index (χ1) is 9.02. The topological polar surface area (TPSA) is 27.1 Å². The summed E-state index contributed by atoms with van der Waals surface area (Å²) in [5.74, 6) is 0.0709. The summed E-state index contributed by atoms with van der Waals surface area (Å²) >= 11 is 9.42. The average molecular weight is 348 g/mol. The third-order valence-electron chi connectivity index (χ3n) is 2.76. The van der Waals surface area contributed by atoms with Gasteiger partial charge in [-0.05, 0) is 40.5 Å². The van der Waals surface area contributed by atoms with Gasteiger partial charge in [-0.15, -0.1) is 0 Å². The summed E-state index contributed by atoms with van der Waals surface area (Å²) in [6.45, 7) is 2.35. The van der Waals surface area contributed by atoms with Crippen LogP contribution in [0.5, 0.6) is 5.75 Å². The minimum absolute atomic E-state index is 0.258. The number of ether oxygens (including phenoxy) is 1. The van der Waals surface area contributed by atoms with Gasteiger partial charge in [0.2, 0.25) is 0 Å². The Morgan fingerprint density at radius 3 is 2.79 bits per heavy atom. The van der Waals surface area contributed by atoms with Crippen LogP contribution in [0.4, 0.5) is 4.39 Å². The van der Waals surface area contributed by atoms with Crippen molar-refractivity contribution in [2.45, 2.75) is 20.0 Å². The van der Waals surface area contributed by atoms with Crippen LogP contribution in [0.1, 0.15) is 18.3 Å². The van der Waals surface area contributed by atoms with Crippen molar-refractivity contribution < 1.29 is 9.13 Å². The number of halogens is 3. The predicted molar refractivity (Wildman–Crippen MR) is 76.0 cm³/mol. The molecule has 0 amide bonds. The number of aromatic nitrogens is 2. The third-order valence-corrected chi connectivity index (χ3v) is 3.97. The summed E-state index contributed by atoms with van der Waals surface area (Å²) in [7, 11) is 1.86. The number of nitrogens with zero attached hydrogens (tertiary/aromatic N) is 2. The molecule has 0 N–H and O–H groups in total. The van der Waals surface area contributed by atoms with Gasteiger partial charge in [-0.2, -0.15) is 5.10 Å². The van der Waals surface area contributed by atoms with Gasteiger partial charge in [0, 0.05) is 7.05 Å². The second kappa shape index (κ2) is 5.92. The molecule has 0 radical (unpaired) electrons. The Kier molecular flexibility index (Phi) is 4.47. The summed E-state index contributed by atoms with van der Waals surface area (Å²) in [5, 5.41) is 4.63. The summed E-state index contributed by atoms with van der Waals surface area (Å²) in [4.78, 5) is 0. The molecule has 0 saturated carbocycles. The molecule has 3 nitrogen and oxygen atoms in total. The summed E-state index contributed by atoms with van der Waals surface area (Å²) in [6, 6.07) is 4.06. The number of aryl methyl sites for hydroxylation is 2. The molecule has 6 heteroatoms. The highest BCUT2D eigenvalue weighted by Crippen LogP contribution is 2.27. The Bertz CT molecular complexity index is 601. The van der Waals surface area contributed by atoms with E-state index in [1.165, 1.54) is 18.2 Å². The molecule has 0 atom stereocenters. The summed E-state index contributed by atoms with van der Waals surface area (Å²) in [5.41, 5.74) is 1.89. The lowest BCUT2D eigenvalue weighted by Gasteiger charge is -2.08. The number of rotatable bonds is 4. The van der Waals surface area contributed by atoms with Gasteiger partial charge in [0.15, 0.2) is 0 Å². The SMILES string of the molecule is CCc1nn(C)c(COc2ccc(F)cc2Cl)c1Br. The monoisotopic (exact) mass is 346 g/mol. The maximum atomic E-state index is 12.9. The summed E-state index contributed by atoms with van der Waals surface area (Å²) in [6.07, 6.45) is 0.839. The van der Waals surface area contributed by atoms with Gasteiger partial charge in [-0.3, -0.25) is 4.68 Å². The fourth-order valence-electron chi connectivity index (χ4n) is 1.72. The van der Waals surface area contributed by atoms with Gasteiger partial charge in [0.1, 0.15) is 18.2 Å². The Morgan fingerprint density at radius 2 is 2.21 bits per heavy atom. The highest BCUT2D eigenvalue weighted by Gasteiger charge is 2.13. The number of benzene rings is 1. The maximum absolute atomic E-state index is 12.9. The van der Waals surface area contributed by atoms with Crippen molar-refractivity contribution in [1.29, 1.82) is 0 Å². The molecule has 1 aromatic carbocycles. The van der Waals surface area contributed by atoms with E-state index in [-0.39, 0.29) is 10.8 Å². The van der Waals surface area contributed by atoms with Gasteiger partial charge < -0.3 is 4.74 Å². The van der Waals surface area contributed by atoms with Crippen LogP contribution >= 0.6 is 27.5 Å². The van der Waals surface area contributed by atoms with Gasteiger partial charge in [0.05, 0.1) is 20.9 Å². The van der Waals surface area contributed by atoms with Crippen LogP contribution in [0.2, 0.25) is 5.02 Å². The quantitative estimate of drug-likeness (QED) is 0.832. The van der Waals surface area contributed by atoms with Gasteiger partial charge in [-0.1, -0.05) is 18.5 Å². The van der Waals surface area contributed by atoms with Crippen LogP contribution < -0.4 is 4.74 Å². The van der Waals surface area contributed by atoms with E-state index in [4.69, 9.17) is 16.3 Å². The number of hydrogen-bond donors (Lipinski definition) is 0. The van der Waals surface area contributed by atoms with Crippen molar-refractivity contribution in [1.82, 2.24) is 9.78 Å². The van der Waals surface area contributed by atoms with Crippen LogP contribution in [-0.2, 0) is 20.1 Å². The van der Waals surface area contributed by atoms with Crippen LogP contribution in [0.25, 0.3) is 0 Å². The van der Waals surface area contributed by atoms with Crippen molar-refractivity contribution in [3.05, 3.63) is 44.9 Å². The lowest BCUT2D eigenvalue weighted by atomic mass is 10.3. The molecular weight excluding hydrogens is 335 g/mol. The maximum Gasteiger partial charge on any atom is 0.138 e. The zero-order valence-electron chi connectivity index (χ0n) is 10.6. The lowest BCUT2D eigenvalue weighted by Crippen LogP contribution is -2.04. The molecule has 19 heavy (non-hydrogen) atoms. The van der Waals surface area contributed by atoms with E-state index in [2.05, 4.69) is 21.0 Å². The first kappa shape index (κ1) is 14.3. The van der Waals surface area contributed by atoms with E-state index in [1.807, 2.05) is 14.0 Å². The van der Waals surface area contributed by atoms with E-state index in [1.54, 1.807) is 4.68 Å². The lowest BCUT2D eigenvalue weighted by molar-refractivity contribution is 0.294. The van der Waals surface area contributed by atoms with Gasteiger partial charge in [0.25, 0.3) is 0 Å². The van der Waals surface area contributed by atoms with Crippen molar-refractivity contribution in [3.63, 3.8) is 0 Å². The molecule has 102 valence electrons. The van der Waals surface area contributed by atoms with E-state index in [0.717, 1.165) is 22.3 Å². The minimum Gasteiger partial charge on any atom is -0.486 e. The van der Waals surface area contributed by atoms with Gasteiger partial charge in [-0.25, -0.2) is 4.39 Å². The molecule has 0 aliphatic heterocycles. The molecule has 0 spiro atoms. The van der Waals surface area contributed by atoms with Gasteiger partial charge >= 0.3 is 0 Å². The smallest absolute Gasteiger partial charge is 0.138 e. The van der Waals surface area contributed by atoms with E-state index >= 15 is 0 Å². The highest BCUT2D eigenvalue weighted by atomic mass is 79.9. The molecule has 0 aliphatic carbocycles. The molecule has 2 aromatic rings. The molecule has 2 rings (SSSR count). The van der Waals surface area contributed by atoms with Crippen molar-refractivity contribution in [3.8, 4) is 5.75 Å². The van der Waals surface area contributed by atoms with Crippen LogP contribution in [0.15, 0.2) is 22.7 Å². The zero-order chi connectivity index (χ0) is 14.0. The van der Waals surface area contributed by atoms with Crippen LogP contribution in [0.3, 0.4) is 0 Å². The highest BCUT2D eigenvalue weighted by molar-refractivity contribution is 9.10. The van der Waals surface area contributed by atoms with Crippen LogP contribution in [-0.4, -0.2) is 9.78 Å². The Labute approximate surface area is 124 Å². The molecule has 1 aromatic heterocycles. The third kappa shape index (κ3) is 3.09. The van der Waals surface area contributed by atoms with Crippen molar-refractivity contribution >= 4 is 27.5 Å². The predicted octanol–water partition coefficient (Wildman–Crippen LogP) is 4.12. The number of hydrogen-bond acceptors (Lipinski definition) is 2. The summed E-state index contributed by atoms with van der Waals surface area (Å²) < 4.78 is 21.2. The Balaban J connectivity index is 2.16. The van der Waals surface area contributed by atoms with E-state index < -0.39 is 0 Å². The van der Waals surface area contributed by atoms with Crippen molar-refractivity contribution in [2.24, 2.45) is 7.05 Å². The zero-order valence-corrected chi connectivity index (χ0v) is 12.9. The molecule has 1 heterocycles. The molecule has 0 bridgehead atoms. The Hall–Kier alpha value is -1.07. The normalized spacial score (nSPS) is 10.8. The second-order valence-corrected chi connectivity index (χ2v) is 5.25. The van der Waals surface area contributed by atoms with Crippen LogP contribution in [0, 0.1) is 5.82 Å². The van der Waals surface area contributed by atoms with E-state index in [0.29, 0.717) is 12.4 Å². The molecular formula is C13H13BrClFN2O. The molecule has 0 saturated heterocycles. The van der Waals surface area contributed by atoms with E-state index in [9.17, 15) is 4.39 Å². The first-order valence-electron chi connectivity index (χ1n) is 5.81. The largest absolute Gasteiger partial charge is 0.486 e. The fourth-order valence-corrected chi connectivity index (χ4v) is 2.67. The molecule has 0 unspecified atom stereocenters. The average Bonchev–Trinajstić information content (AvgIpc) is 2.64. The Morgan fingerprint density at radius 1 is 1.47 bits per heavy atom. The standard InChI is InChI=1S/C13H13BrClFN2O/c1-3-10-13(14)11(18(2)17-10)7-19-12-5-4-8(16)6-9(12)15/h4-6H,3,7H2,1-2H3.